The van der Waals surface area contributed by atoms with Crippen LogP contribution >= 0.6 is 11.8 Å². The zero-order valence-electron chi connectivity index (χ0n) is 8.29. The van der Waals surface area contributed by atoms with Crippen molar-refractivity contribution in [1.82, 2.24) is 4.98 Å². The quantitative estimate of drug-likeness (QED) is 0.471. The Bertz CT molecular complexity index is 329. The Hall–Kier alpha value is -1.14. The van der Waals surface area contributed by atoms with Gasteiger partial charge in [-0.25, -0.2) is 4.98 Å². The first-order valence-corrected chi connectivity index (χ1v) is 5.46. The molecule has 0 radical (unpaired) electrons. The van der Waals surface area contributed by atoms with Gasteiger partial charge in [-0.15, -0.1) is 11.8 Å². The first-order valence-electron chi connectivity index (χ1n) is 4.47. The zero-order valence-corrected chi connectivity index (χ0v) is 9.11. The lowest BCUT2D eigenvalue weighted by atomic mass is 10.2. The summed E-state index contributed by atoms with van der Waals surface area (Å²) in [6.45, 7) is 2.07. The van der Waals surface area contributed by atoms with E-state index in [9.17, 15) is 10.1 Å². The predicted molar refractivity (Wildman–Crippen MR) is 57.9 cm³/mol. The van der Waals surface area contributed by atoms with Gasteiger partial charge in [0.1, 0.15) is 6.20 Å². The van der Waals surface area contributed by atoms with Crippen molar-refractivity contribution in [2.45, 2.75) is 11.9 Å². The van der Waals surface area contributed by atoms with Crippen molar-refractivity contribution in [2.24, 2.45) is 5.92 Å². The Morgan fingerprint density at radius 3 is 2.87 bits per heavy atom. The first kappa shape index (κ1) is 11.9. The van der Waals surface area contributed by atoms with Crippen molar-refractivity contribution in [3.8, 4) is 0 Å². The van der Waals surface area contributed by atoms with Gasteiger partial charge in [0.25, 0.3) is 5.69 Å². The number of nitrogens with zero attached hydrogens (tertiary/aromatic N) is 2. The van der Waals surface area contributed by atoms with Gasteiger partial charge in [-0.1, -0.05) is 6.92 Å². The third kappa shape index (κ3) is 3.85. The molecule has 0 aliphatic heterocycles. The van der Waals surface area contributed by atoms with Crippen LogP contribution in [0.4, 0.5) is 5.69 Å². The van der Waals surface area contributed by atoms with Gasteiger partial charge in [0.2, 0.25) is 0 Å². The van der Waals surface area contributed by atoms with E-state index in [0.29, 0.717) is 0 Å². The first-order chi connectivity index (χ1) is 7.13. The standard InChI is InChI=1S/C9H12N2O3S/c1-7(5-12)6-15-9-3-2-8(4-10-9)11(13)14/h2-4,7,12H,5-6H2,1H3/t7-/m1/s1. The van der Waals surface area contributed by atoms with Crippen LogP contribution in [0.1, 0.15) is 6.92 Å². The number of thioether (sulfide) groups is 1. The molecule has 0 saturated heterocycles. The molecule has 0 aliphatic carbocycles. The summed E-state index contributed by atoms with van der Waals surface area (Å²) >= 11 is 1.48. The molecule has 6 heteroatoms. The number of hydrogen-bond acceptors (Lipinski definition) is 5. The molecule has 0 saturated carbocycles. The van der Waals surface area contributed by atoms with E-state index in [1.807, 2.05) is 6.92 Å². The Labute approximate surface area is 91.7 Å². The Morgan fingerprint density at radius 1 is 1.67 bits per heavy atom. The molecule has 1 aromatic heterocycles. The second kappa shape index (κ2) is 5.67. The third-order valence-corrected chi connectivity index (χ3v) is 3.03. The molecular formula is C9H12N2O3S. The number of rotatable bonds is 5. The summed E-state index contributed by atoms with van der Waals surface area (Å²) in [5.41, 5.74) is -0.00504. The van der Waals surface area contributed by atoms with Crippen molar-refractivity contribution < 1.29 is 10.0 Å². The van der Waals surface area contributed by atoms with Crippen LogP contribution in [0, 0.1) is 16.0 Å². The smallest absolute Gasteiger partial charge is 0.287 e. The van der Waals surface area contributed by atoms with Gasteiger partial charge in [-0.3, -0.25) is 10.1 Å². The zero-order chi connectivity index (χ0) is 11.3. The van der Waals surface area contributed by atoms with Gasteiger partial charge in [0, 0.05) is 18.4 Å². The third-order valence-electron chi connectivity index (χ3n) is 1.76. The van der Waals surface area contributed by atoms with E-state index in [-0.39, 0.29) is 18.2 Å². The Morgan fingerprint density at radius 2 is 2.40 bits per heavy atom. The van der Waals surface area contributed by atoms with Crippen LogP contribution in [0.25, 0.3) is 0 Å². The molecule has 0 unspecified atom stereocenters. The van der Waals surface area contributed by atoms with Crippen molar-refractivity contribution >= 4 is 17.4 Å². The fourth-order valence-corrected chi connectivity index (χ4v) is 1.70. The lowest BCUT2D eigenvalue weighted by Crippen LogP contribution is -2.03. The van der Waals surface area contributed by atoms with Crippen LogP contribution < -0.4 is 0 Å². The van der Waals surface area contributed by atoms with Crippen LogP contribution in [0.5, 0.6) is 0 Å². The molecule has 82 valence electrons. The number of nitro groups is 1. The number of aliphatic hydroxyl groups excluding tert-OH is 1. The molecule has 0 aliphatic rings. The number of hydrogen-bond donors (Lipinski definition) is 1. The van der Waals surface area contributed by atoms with Gasteiger partial charge < -0.3 is 5.11 Å². The lowest BCUT2D eigenvalue weighted by molar-refractivity contribution is -0.385. The van der Waals surface area contributed by atoms with E-state index in [4.69, 9.17) is 5.11 Å². The topological polar surface area (TPSA) is 76.3 Å². The molecule has 5 nitrogen and oxygen atoms in total. The summed E-state index contributed by atoms with van der Waals surface area (Å²) < 4.78 is 0. The highest BCUT2D eigenvalue weighted by Gasteiger charge is 2.06. The Balaban J connectivity index is 2.53. The van der Waals surface area contributed by atoms with E-state index in [0.717, 1.165) is 10.8 Å². The Kier molecular flexibility index (Phi) is 4.51. The maximum absolute atomic E-state index is 10.4. The summed E-state index contributed by atoms with van der Waals surface area (Å²) in [6, 6.07) is 3.05. The fraction of sp³-hybridized carbons (Fsp3) is 0.444. The molecule has 1 atom stereocenters. The van der Waals surface area contributed by atoms with Crippen molar-refractivity contribution in [2.75, 3.05) is 12.4 Å². The highest BCUT2D eigenvalue weighted by atomic mass is 32.2. The molecule has 0 fully saturated rings. The molecule has 0 bridgehead atoms. The minimum absolute atomic E-state index is 0.00504. The highest BCUT2D eigenvalue weighted by Crippen LogP contribution is 2.20. The summed E-state index contributed by atoms with van der Waals surface area (Å²) in [5, 5.41) is 19.9. The highest BCUT2D eigenvalue weighted by molar-refractivity contribution is 7.99. The average Bonchev–Trinajstić information content (AvgIpc) is 2.26. The van der Waals surface area contributed by atoms with Crippen LogP contribution in [-0.4, -0.2) is 27.4 Å². The van der Waals surface area contributed by atoms with E-state index < -0.39 is 4.92 Å². The molecule has 1 aromatic rings. The maximum Gasteiger partial charge on any atom is 0.287 e. The second-order valence-electron chi connectivity index (χ2n) is 3.21. The summed E-state index contributed by atoms with van der Waals surface area (Å²) in [7, 11) is 0. The largest absolute Gasteiger partial charge is 0.396 e. The van der Waals surface area contributed by atoms with E-state index >= 15 is 0 Å². The van der Waals surface area contributed by atoms with Crippen molar-refractivity contribution in [3.63, 3.8) is 0 Å². The molecule has 15 heavy (non-hydrogen) atoms. The van der Waals surface area contributed by atoms with Gasteiger partial charge in [-0.2, -0.15) is 0 Å². The van der Waals surface area contributed by atoms with E-state index in [2.05, 4.69) is 4.98 Å². The summed E-state index contributed by atoms with van der Waals surface area (Å²) in [4.78, 5) is 13.8. The minimum Gasteiger partial charge on any atom is -0.396 e. The van der Waals surface area contributed by atoms with Crippen LogP contribution in [0.3, 0.4) is 0 Å². The SMILES string of the molecule is C[C@H](CO)CSc1ccc([N+](=O)[O-])cn1. The van der Waals surface area contributed by atoms with Gasteiger partial charge in [0.05, 0.1) is 9.95 Å². The summed E-state index contributed by atoms with van der Waals surface area (Å²) in [6.07, 6.45) is 1.24. The number of aromatic nitrogens is 1. The van der Waals surface area contributed by atoms with Gasteiger partial charge in [-0.05, 0) is 12.0 Å². The van der Waals surface area contributed by atoms with E-state index in [1.165, 1.54) is 24.0 Å². The van der Waals surface area contributed by atoms with Crippen LogP contribution in [0.15, 0.2) is 23.4 Å². The van der Waals surface area contributed by atoms with Gasteiger partial charge in [0.15, 0.2) is 0 Å². The molecule has 1 rings (SSSR count). The van der Waals surface area contributed by atoms with Gasteiger partial charge >= 0.3 is 0 Å². The molecule has 0 aromatic carbocycles. The molecule has 1 N–H and O–H groups in total. The lowest BCUT2D eigenvalue weighted by Gasteiger charge is -2.05. The molecule has 1 heterocycles. The van der Waals surface area contributed by atoms with Crippen molar-refractivity contribution in [3.05, 3.63) is 28.4 Å². The van der Waals surface area contributed by atoms with Crippen LogP contribution in [0.2, 0.25) is 0 Å². The molecular weight excluding hydrogens is 216 g/mol. The average molecular weight is 228 g/mol. The second-order valence-corrected chi connectivity index (χ2v) is 4.25. The minimum atomic E-state index is -0.474. The maximum atomic E-state index is 10.4. The normalized spacial score (nSPS) is 12.4. The number of aliphatic hydroxyl groups is 1. The number of pyridine rings is 1. The van der Waals surface area contributed by atoms with E-state index in [1.54, 1.807) is 6.07 Å². The predicted octanol–water partition coefficient (Wildman–Crippen LogP) is 1.71. The van der Waals surface area contributed by atoms with Crippen molar-refractivity contribution in [1.29, 1.82) is 0 Å². The monoisotopic (exact) mass is 228 g/mol. The summed E-state index contributed by atoms with van der Waals surface area (Å²) in [5.74, 6) is 0.952. The van der Waals surface area contributed by atoms with Crippen LogP contribution in [-0.2, 0) is 0 Å². The molecule has 0 spiro atoms. The molecule has 0 amide bonds. The fourth-order valence-electron chi connectivity index (χ4n) is 0.846.